The van der Waals surface area contributed by atoms with Gasteiger partial charge in [-0.1, -0.05) is 42.5 Å². The zero-order valence-electron chi connectivity index (χ0n) is 15.4. The molecule has 0 saturated carbocycles. The van der Waals surface area contributed by atoms with E-state index in [-0.39, 0.29) is 18.5 Å². The molecule has 26 heavy (non-hydrogen) atoms. The highest BCUT2D eigenvalue weighted by Crippen LogP contribution is 2.25. The molecule has 0 saturated heterocycles. The van der Waals surface area contributed by atoms with Gasteiger partial charge in [0, 0.05) is 0 Å². The summed E-state index contributed by atoms with van der Waals surface area (Å²) in [5, 5.41) is 8.57. The zero-order chi connectivity index (χ0) is 18.5. The van der Waals surface area contributed by atoms with Crippen molar-refractivity contribution in [1.82, 2.24) is 5.32 Å². The molecule has 0 radical (unpaired) electrons. The van der Waals surface area contributed by atoms with Gasteiger partial charge in [-0.2, -0.15) is 0 Å². The van der Waals surface area contributed by atoms with Gasteiger partial charge in [0.25, 0.3) is 0 Å². The predicted molar refractivity (Wildman–Crippen MR) is 107 cm³/mol. The van der Waals surface area contributed by atoms with E-state index in [0.717, 1.165) is 22.6 Å². The van der Waals surface area contributed by atoms with Crippen molar-refractivity contribution in [2.75, 3.05) is 19.0 Å². The van der Waals surface area contributed by atoms with Gasteiger partial charge in [0.05, 0.1) is 25.4 Å². The van der Waals surface area contributed by atoms with Gasteiger partial charge in [0.15, 0.2) is 0 Å². The van der Waals surface area contributed by atoms with Crippen LogP contribution in [0, 0.1) is 6.92 Å². The maximum atomic E-state index is 12.3. The summed E-state index contributed by atoms with van der Waals surface area (Å²) in [5.41, 5.74) is 3.02. The molecule has 3 aromatic rings. The first-order valence-corrected chi connectivity index (χ1v) is 8.73. The fourth-order valence-electron chi connectivity index (χ4n) is 2.99. The number of benzene rings is 3. The monoisotopic (exact) mass is 348 g/mol. The topological polar surface area (TPSA) is 50.4 Å². The van der Waals surface area contributed by atoms with Crippen LogP contribution < -0.4 is 15.4 Å². The summed E-state index contributed by atoms with van der Waals surface area (Å²) in [6.45, 7) is 4.19. The molecule has 3 aromatic carbocycles. The van der Waals surface area contributed by atoms with Crippen LogP contribution in [0.3, 0.4) is 0 Å². The van der Waals surface area contributed by atoms with Gasteiger partial charge < -0.3 is 15.4 Å². The van der Waals surface area contributed by atoms with E-state index >= 15 is 0 Å². The fourth-order valence-corrected chi connectivity index (χ4v) is 2.99. The zero-order valence-corrected chi connectivity index (χ0v) is 15.4. The van der Waals surface area contributed by atoms with Crippen molar-refractivity contribution in [1.29, 1.82) is 0 Å². The van der Waals surface area contributed by atoms with Crippen molar-refractivity contribution >= 4 is 22.4 Å². The Hall–Kier alpha value is -3.01. The van der Waals surface area contributed by atoms with Crippen molar-refractivity contribution in [3.63, 3.8) is 0 Å². The lowest BCUT2D eigenvalue weighted by Gasteiger charge is -2.16. The van der Waals surface area contributed by atoms with Crippen molar-refractivity contribution in [2.24, 2.45) is 0 Å². The number of ether oxygens (including phenoxy) is 1. The van der Waals surface area contributed by atoms with Crippen LogP contribution in [0.1, 0.15) is 24.1 Å². The van der Waals surface area contributed by atoms with E-state index in [4.69, 9.17) is 4.74 Å². The van der Waals surface area contributed by atoms with E-state index in [0.29, 0.717) is 0 Å². The van der Waals surface area contributed by atoms with Crippen LogP contribution in [0.15, 0.2) is 60.7 Å². The largest absolute Gasteiger partial charge is 0.495 e. The number of hydrogen-bond acceptors (Lipinski definition) is 3. The minimum atomic E-state index is -0.0617. The first-order valence-electron chi connectivity index (χ1n) is 8.73. The molecule has 3 rings (SSSR count). The van der Waals surface area contributed by atoms with Crippen LogP contribution in [-0.4, -0.2) is 19.6 Å². The van der Waals surface area contributed by atoms with Gasteiger partial charge in [-0.3, -0.25) is 4.79 Å². The minimum absolute atomic E-state index is 0.0609. The van der Waals surface area contributed by atoms with Gasteiger partial charge in [-0.05, 0) is 53.9 Å². The number of nitrogens with one attached hydrogen (secondary N) is 2. The summed E-state index contributed by atoms with van der Waals surface area (Å²) < 4.78 is 5.33. The summed E-state index contributed by atoms with van der Waals surface area (Å²) in [7, 11) is 1.62. The molecule has 0 aliphatic rings. The predicted octanol–water partition coefficient (Wildman–Crippen LogP) is 4.45. The fraction of sp³-hybridized carbons (Fsp3) is 0.227. The molecule has 2 N–H and O–H groups in total. The third-order valence-electron chi connectivity index (χ3n) is 4.45. The van der Waals surface area contributed by atoms with Gasteiger partial charge >= 0.3 is 0 Å². The standard InChI is InChI=1S/C22H24N2O2/c1-15-8-11-21(26-3)20(12-15)23-14-22(25)24-16(2)18-10-9-17-6-4-5-7-19(17)13-18/h4-13,16,23H,14H2,1-3H3,(H,24,25)/t16-/m1/s1. The maximum absolute atomic E-state index is 12.3. The number of methoxy groups -OCH3 is 1. The molecule has 0 spiro atoms. The molecule has 0 aromatic heterocycles. The van der Waals surface area contributed by atoms with Gasteiger partial charge in [0.2, 0.25) is 5.91 Å². The number of aryl methyl sites for hydroxylation is 1. The second-order valence-electron chi connectivity index (χ2n) is 6.45. The molecular weight excluding hydrogens is 324 g/mol. The Kier molecular flexibility index (Phi) is 5.42. The highest BCUT2D eigenvalue weighted by molar-refractivity contribution is 5.84. The highest BCUT2D eigenvalue weighted by Gasteiger charge is 2.11. The molecule has 1 amide bonds. The van der Waals surface area contributed by atoms with Gasteiger partial charge in [0.1, 0.15) is 5.75 Å². The lowest BCUT2D eigenvalue weighted by Crippen LogP contribution is -2.32. The smallest absolute Gasteiger partial charge is 0.239 e. The Morgan fingerprint density at radius 3 is 2.58 bits per heavy atom. The quantitative estimate of drug-likeness (QED) is 0.692. The molecule has 0 fully saturated rings. The Balaban J connectivity index is 1.63. The van der Waals surface area contributed by atoms with E-state index in [1.165, 1.54) is 10.8 Å². The van der Waals surface area contributed by atoms with E-state index in [1.807, 2.05) is 44.2 Å². The second-order valence-corrected chi connectivity index (χ2v) is 6.45. The third-order valence-corrected chi connectivity index (χ3v) is 4.45. The molecule has 4 heteroatoms. The molecule has 0 aliphatic heterocycles. The van der Waals surface area contributed by atoms with Crippen LogP contribution in [0.5, 0.6) is 5.75 Å². The normalized spacial score (nSPS) is 11.8. The van der Waals surface area contributed by atoms with E-state index in [2.05, 4.69) is 41.0 Å². The number of anilines is 1. The van der Waals surface area contributed by atoms with Crippen LogP contribution in [0.25, 0.3) is 10.8 Å². The van der Waals surface area contributed by atoms with Crippen LogP contribution in [-0.2, 0) is 4.79 Å². The summed E-state index contributed by atoms with van der Waals surface area (Å²) in [5.74, 6) is 0.667. The van der Waals surface area contributed by atoms with Crippen LogP contribution in [0.4, 0.5) is 5.69 Å². The third kappa shape index (κ3) is 4.14. The van der Waals surface area contributed by atoms with Gasteiger partial charge in [-0.15, -0.1) is 0 Å². The van der Waals surface area contributed by atoms with Crippen molar-refractivity contribution in [2.45, 2.75) is 19.9 Å². The molecule has 134 valence electrons. The molecule has 4 nitrogen and oxygen atoms in total. The summed E-state index contributed by atoms with van der Waals surface area (Å²) >= 11 is 0. The number of amides is 1. The lowest BCUT2D eigenvalue weighted by atomic mass is 10.0. The number of carbonyl (C=O) groups is 1. The van der Waals surface area contributed by atoms with Gasteiger partial charge in [-0.25, -0.2) is 0 Å². The van der Waals surface area contributed by atoms with Crippen molar-refractivity contribution in [3.05, 3.63) is 71.8 Å². The molecule has 0 bridgehead atoms. The lowest BCUT2D eigenvalue weighted by molar-refractivity contribution is -0.120. The molecule has 0 heterocycles. The average molecular weight is 348 g/mol. The maximum Gasteiger partial charge on any atom is 0.239 e. The highest BCUT2D eigenvalue weighted by atomic mass is 16.5. The molecule has 0 aliphatic carbocycles. The molecule has 0 unspecified atom stereocenters. The van der Waals surface area contributed by atoms with E-state index in [9.17, 15) is 4.79 Å². The van der Waals surface area contributed by atoms with Crippen LogP contribution >= 0.6 is 0 Å². The Morgan fingerprint density at radius 2 is 1.81 bits per heavy atom. The van der Waals surface area contributed by atoms with Crippen LogP contribution in [0.2, 0.25) is 0 Å². The SMILES string of the molecule is COc1ccc(C)cc1NCC(=O)N[C@H](C)c1ccc2ccccc2c1. The van der Waals surface area contributed by atoms with E-state index < -0.39 is 0 Å². The van der Waals surface area contributed by atoms with Crippen molar-refractivity contribution < 1.29 is 9.53 Å². The number of fused-ring (bicyclic) bond motifs is 1. The first-order chi connectivity index (χ1) is 12.6. The summed E-state index contributed by atoms with van der Waals surface area (Å²) in [6.07, 6.45) is 0. The second kappa shape index (κ2) is 7.91. The number of rotatable bonds is 6. The number of carbonyl (C=O) groups excluding carboxylic acids is 1. The Morgan fingerprint density at radius 1 is 1.04 bits per heavy atom. The van der Waals surface area contributed by atoms with Crippen molar-refractivity contribution in [3.8, 4) is 5.75 Å². The molecule has 1 atom stereocenters. The average Bonchev–Trinajstić information content (AvgIpc) is 2.66. The summed E-state index contributed by atoms with van der Waals surface area (Å²) in [6, 6.07) is 20.3. The number of hydrogen-bond donors (Lipinski definition) is 2. The Bertz CT molecular complexity index is 921. The molecular formula is C22H24N2O2. The first kappa shape index (κ1) is 17.8. The Labute approximate surface area is 154 Å². The summed E-state index contributed by atoms with van der Waals surface area (Å²) in [4.78, 5) is 12.3. The minimum Gasteiger partial charge on any atom is -0.495 e. The van der Waals surface area contributed by atoms with E-state index in [1.54, 1.807) is 7.11 Å².